The van der Waals surface area contributed by atoms with Gasteiger partial charge in [-0.1, -0.05) is 60.7 Å². The molecule has 27 heavy (non-hydrogen) atoms. The molecule has 0 fully saturated rings. The molecule has 0 saturated heterocycles. The first-order chi connectivity index (χ1) is 13.3. The van der Waals surface area contributed by atoms with Crippen molar-refractivity contribution in [3.8, 4) is 11.1 Å². The van der Waals surface area contributed by atoms with Gasteiger partial charge in [-0.05, 0) is 39.7 Å². The standard InChI is InChI=1S/C24H13BrOS/c25-19-11-4-10-18-22-15(7-5-13-21(22)27-24(18)19)17-9-3-8-16-14-6-1-2-12-20(14)26-23(16)17/h1-13H. The Morgan fingerprint density at radius 3 is 2.37 bits per heavy atom. The Labute approximate surface area is 168 Å². The first-order valence-corrected chi connectivity index (χ1v) is 10.4. The van der Waals surface area contributed by atoms with E-state index in [0.717, 1.165) is 21.2 Å². The Morgan fingerprint density at radius 1 is 0.667 bits per heavy atom. The highest BCUT2D eigenvalue weighted by molar-refractivity contribution is 9.10. The van der Waals surface area contributed by atoms with Crippen LogP contribution in [0, 0.1) is 0 Å². The van der Waals surface area contributed by atoms with Gasteiger partial charge in [-0.25, -0.2) is 0 Å². The molecule has 0 saturated carbocycles. The normalized spacial score (nSPS) is 11.9. The van der Waals surface area contributed by atoms with Gasteiger partial charge in [-0.15, -0.1) is 11.3 Å². The summed E-state index contributed by atoms with van der Waals surface area (Å²) >= 11 is 5.54. The summed E-state index contributed by atoms with van der Waals surface area (Å²) in [5.41, 5.74) is 4.26. The molecule has 1 nitrogen and oxygen atoms in total. The number of benzene rings is 4. The van der Waals surface area contributed by atoms with Gasteiger partial charge >= 0.3 is 0 Å². The Morgan fingerprint density at radius 2 is 1.41 bits per heavy atom. The predicted molar refractivity (Wildman–Crippen MR) is 120 cm³/mol. The molecule has 0 radical (unpaired) electrons. The molecule has 6 rings (SSSR count). The molecule has 2 heterocycles. The summed E-state index contributed by atoms with van der Waals surface area (Å²) in [6.45, 7) is 0. The van der Waals surface area contributed by atoms with E-state index in [-0.39, 0.29) is 0 Å². The van der Waals surface area contributed by atoms with Crippen LogP contribution in [0.2, 0.25) is 0 Å². The highest BCUT2D eigenvalue weighted by Gasteiger charge is 2.16. The second-order valence-electron chi connectivity index (χ2n) is 6.68. The molecule has 128 valence electrons. The minimum atomic E-state index is 0.935. The van der Waals surface area contributed by atoms with E-state index in [0.29, 0.717) is 0 Å². The molecule has 3 heteroatoms. The molecule has 2 aromatic heterocycles. The maximum atomic E-state index is 6.29. The van der Waals surface area contributed by atoms with Crippen LogP contribution >= 0.6 is 27.3 Å². The molecule has 0 aliphatic heterocycles. The molecule has 0 N–H and O–H groups in total. The van der Waals surface area contributed by atoms with Crippen LogP contribution in [0.1, 0.15) is 0 Å². The van der Waals surface area contributed by atoms with Gasteiger partial charge in [0, 0.05) is 41.0 Å². The Balaban J connectivity index is 1.78. The SMILES string of the molecule is Brc1cccc2c1sc1cccc(-c3cccc4c3oc3ccccc34)c12. The van der Waals surface area contributed by atoms with Crippen LogP contribution in [0.15, 0.2) is 87.8 Å². The summed E-state index contributed by atoms with van der Waals surface area (Å²) in [7, 11) is 0. The topological polar surface area (TPSA) is 13.1 Å². The summed E-state index contributed by atoms with van der Waals surface area (Å²) in [6, 6.07) is 27.7. The van der Waals surface area contributed by atoms with E-state index in [9.17, 15) is 0 Å². The molecule has 0 spiro atoms. The van der Waals surface area contributed by atoms with Crippen LogP contribution in [0.5, 0.6) is 0 Å². The van der Waals surface area contributed by atoms with Crippen molar-refractivity contribution >= 4 is 69.4 Å². The highest BCUT2D eigenvalue weighted by atomic mass is 79.9. The first kappa shape index (κ1) is 15.4. The van der Waals surface area contributed by atoms with Gasteiger partial charge in [-0.2, -0.15) is 0 Å². The van der Waals surface area contributed by atoms with Crippen LogP contribution < -0.4 is 0 Å². The number of para-hydroxylation sites is 2. The maximum absolute atomic E-state index is 6.29. The second-order valence-corrected chi connectivity index (χ2v) is 8.58. The summed E-state index contributed by atoms with van der Waals surface area (Å²) in [6.07, 6.45) is 0. The number of thiophene rings is 1. The fourth-order valence-corrected chi connectivity index (χ4v) is 5.74. The Hall–Kier alpha value is -2.62. The summed E-state index contributed by atoms with van der Waals surface area (Å²) in [4.78, 5) is 0. The zero-order valence-corrected chi connectivity index (χ0v) is 16.6. The van der Waals surface area contributed by atoms with E-state index < -0.39 is 0 Å². The van der Waals surface area contributed by atoms with Gasteiger partial charge in [0.05, 0.1) is 0 Å². The van der Waals surface area contributed by atoms with E-state index in [4.69, 9.17) is 4.42 Å². The number of furan rings is 1. The molecular formula is C24H13BrOS. The molecule has 6 aromatic rings. The fraction of sp³-hybridized carbons (Fsp3) is 0. The second kappa shape index (κ2) is 5.69. The van der Waals surface area contributed by atoms with Gasteiger partial charge in [0.25, 0.3) is 0 Å². The lowest BCUT2D eigenvalue weighted by Crippen LogP contribution is -1.80. The van der Waals surface area contributed by atoms with Crippen molar-refractivity contribution in [1.82, 2.24) is 0 Å². The van der Waals surface area contributed by atoms with Crippen LogP contribution in [0.4, 0.5) is 0 Å². The van der Waals surface area contributed by atoms with E-state index in [1.165, 1.54) is 36.5 Å². The smallest absolute Gasteiger partial charge is 0.143 e. The van der Waals surface area contributed by atoms with Crippen molar-refractivity contribution < 1.29 is 4.42 Å². The highest BCUT2D eigenvalue weighted by Crippen LogP contribution is 2.44. The third kappa shape index (κ3) is 2.16. The summed E-state index contributed by atoms with van der Waals surface area (Å²) in [5.74, 6) is 0. The van der Waals surface area contributed by atoms with Crippen LogP contribution in [0.3, 0.4) is 0 Å². The quantitative estimate of drug-likeness (QED) is 0.256. The summed E-state index contributed by atoms with van der Waals surface area (Å²) < 4.78 is 10.0. The third-order valence-corrected chi connectivity index (χ3v) is 7.30. The average Bonchev–Trinajstić information content (AvgIpc) is 3.27. The molecule has 4 aromatic carbocycles. The zero-order valence-electron chi connectivity index (χ0n) is 14.2. The predicted octanol–water partition coefficient (Wildman–Crippen LogP) is 8.38. The van der Waals surface area contributed by atoms with Crippen molar-refractivity contribution in [3.63, 3.8) is 0 Å². The van der Waals surface area contributed by atoms with Gasteiger partial charge in [0.2, 0.25) is 0 Å². The zero-order chi connectivity index (χ0) is 18.0. The van der Waals surface area contributed by atoms with Crippen molar-refractivity contribution in [3.05, 3.63) is 83.3 Å². The molecule has 0 bridgehead atoms. The summed E-state index contributed by atoms with van der Waals surface area (Å²) in [5, 5.41) is 4.92. The molecule has 0 aliphatic rings. The molecular weight excluding hydrogens is 416 g/mol. The van der Waals surface area contributed by atoms with Crippen molar-refractivity contribution in [2.45, 2.75) is 0 Å². The lowest BCUT2D eigenvalue weighted by atomic mass is 9.97. The Bertz CT molecular complexity index is 1490. The molecule has 0 atom stereocenters. The van der Waals surface area contributed by atoms with E-state index in [1.807, 2.05) is 23.5 Å². The number of fused-ring (bicyclic) bond motifs is 6. The largest absolute Gasteiger partial charge is 0.455 e. The van der Waals surface area contributed by atoms with E-state index in [2.05, 4.69) is 82.7 Å². The maximum Gasteiger partial charge on any atom is 0.143 e. The fourth-order valence-electron chi connectivity index (χ4n) is 4.00. The number of rotatable bonds is 1. The van der Waals surface area contributed by atoms with Gasteiger partial charge in [0.1, 0.15) is 11.2 Å². The Kier molecular flexibility index (Phi) is 3.25. The van der Waals surface area contributed by atoms with E-state index >= 15 is 0 Å². The van der Waals surface area contributed by atoms with Crippen molar-refractivity contribution in [2.75, 3.05) is 0 Å². The lowest BCUT2D eigenvalue weighted by Gasteiger charge is -2.06. The van der Waals surface area contributed by atoms with Crippen molar-refractivity contribution in [1.29, 1.82) is 0 Å². The van der Waals surface area contributed by atoms with E-state index in [1.54, 1.807) is 0 Å². The van der Waals surface area contributed by atoms with Crippen LogP contribution in [-0.4, -0.2) is 0 Å². The van der Waals surface area contributed by atoms with Gasteiger partial charge < -0.3 is 4.42 Å². The minimum Gasteiger partial charge on any atom is -0.455 e. The number of halogens is 1. The average molecular weight is 429 g/mol. The number of hydrogen-bond acceptors (Lipinski definition) is 2. The lowest BCUT2D eigenvalue weighted by molar-refractivity contribution is 0.670. The van der Waals surface area contributed by atoms with Gasteiger partial charge in [0.15, 0.2) is 0 Å². The van der Waals surface area contributed by atoms with Crippen molar-refractivity contribution in [2.24, 2.45) is 0 Å². The molecule has 0 unspecified atom stereocenters. The minimum absolute atomic E-state index is 0.935. The first-order valence-electron chi connectivity index (χ1n) is 8.81. The third-order valence-electron chi connectivity index (χ3n) is 5.17. The monoisotopic (exact) mass is 428 g/mol. The molecule has 0 aliphatic carbocycles. The van der Waals surface area contributed by atoms with Crippen LogP contribution in [0.25, 0.3) is 53.2 Å². The van der Waals surface area contributed by atoms with Gasteiger partial charge in [-0.3, -0.25) is 0 Å². The molecule has 0 amide bonds. The van der Waals surface area contributed by atoms with Crippen LogP contribution in [-0.2, 0) is 0 Å². The number of hydrogen-bond donors (Lipinski definition) is 0.